The van der Waals surface area contributed by atoms with Crippen molar-refractivity contribution >= 4 is 11.9 Å². The average molecular weight is 299 g/mol. The van der Waals surface area contributed by atoms with Gasteiger partial charge in [-0.15, -0.1) is 0 Å². The molecule has 7 nitrogen and oxygen atoms in total. The minimum atomic E-state index is -0.0368. The molecule has 1 atom stereocenters. The van der Waals surface area contributed by atoms with Gasteiger partial charge < -0.3 is 21.2 Å². The first kappa shape index (κ1) is 17.6. The van der Waals surface area contributed by atoms with Gasteiger partial charge in [-0.05, 0) is 12.8 Å². The van der Waals surface area contributed by atoms with Crippen molar-refractivity contribution in [1.29, 1.82) is 0 Å². The van der Waals surface area contributed by atoms with Crippen molar-refractivity contribution in [3.05, 3.63) is 0 Å². The Labute approximate surface area is 127 Å². The third-order valence-electron chi connectivity index (χ3n) is 3.87. The Bertz CT molecular complexity index is 340. The van der Waals surface area contributed by atoms with Crippen LogP contribution in [0.2, 0.25) is 0 Å². The molecule has 1 aliphatic rings. The van der Waals surface area contributed by atoms with E-state index in [-0.39, 0.29) is 17.9 Å². The predicted octanol–water partition coefficient (Wildman–Crippen LogP) is 1.03. The monoisotopic (exact) mass is 299 g/mol. The standard InChI is InChI=1S/C14H29N5O2/c1-3-5-7-16-14(20)19-10-8-18(9-11-19)12(6-4-2)13(15)17-21/h12,21H,3-11H2,1-2H3,(H2,15,17)(H,16,20). The van der Waals surface area contributed by atoms with E-state index in [1.807, 2.05) is 4.90 Å². The molecule has 1 fully saturated rings. The second-order valence-corrected chi connectivity index (χ2v) is 5.44. The summed E-state index contributed by atoms with van der Waals surface area (Å²) in [4.78, 5) is 16.0. The van der Waals surface area contributed by atoms with E-state index in [1.54, 1.807) is 0 Å². The van der Waals surface area contributed by atoms with Gasteiger partial charge in [0.05, 0.1) is 6.04 Å². The maximum Gasteiger partial charge on any atom is 0.317 e. The van der Waals surface area contributed by atoms with Crippen LogP contribution < -0.4 is 11.1 Å². The first-order valence-corrected chi connectivity index (χ1v) is 7.88. The number of hydrogen-bond donors (Lipinski definition) is 3. The highest BCUT2D eigenvalue weighted by molar-refractivity contribution is 5.85. The van der Waals surface area contributed by atoms with Gasteiger partial charge in [0.15, 0.2) is 5.84 Å². The lowest BCUT2D eigenvalue weighted by Gasteiger charge is -2.38. The van der Waals surface area contributed by atoms with Crippen LogP contribution in [0.1, 0.15) is 39.5 Å². The van der Waals surface area contributed by atoms with Crippen LogP contribution in [-0.2, 0) is 0 Å². The Morgan fingerprint density at radius 3 is 2.48 bits per heavy atom. The van der Waals surface area contributed by atoms with E-state index in [9.17, 15) is 4.79 Å². The highest BCUT2D eigenvalue weighted by Gasteiger charge is 2.27. The topological polar surface area (TPSA) is 94.2 Å². The number of nitrogens with one attached hydrogen (secondary N) is 1. The fraction of sp³-hybridized carbons (Fsp3) is 0.857. The van der Waals surface area contributed by atoms with Crippen LogP contribution in [0.15, 0.2) is 5.16 Å². The second kappa shape index (κ2) is 9.44. The molecule has 0 aromatic heterocycles. The van der Waals surface area contributed by atoms with E-state index in [0.717, 1.165) is 45.3 Å². The highest BCUT2D eigenvalue weighted by Crippen LogP contribution is 2.11. The lowest BCUT2D eigenvalue weighted by Crippen LogP contribution is -2.56. The molecule has 0 spiro atoms. The summed E-state index contributed by atoms with van der Waals surface area (Å²) in [5.41, 5.74) is 5.78. The molecule has 1 saturated heterocycles. The maximum atomic E-state index is 12.0. The third kappa shape index (κ3) is 5.41. The van der Waals surface area contributed by atoms with Crippen LogP contribution in [0.3, 0.4) is 0 Å². The number of amides is 2. The molecule has 0 saturated carbocycles. The Morgan fingerprint density at radius 2 is 1.95 bits per heavy atom. The Kier molecular flexibility index (Phi) is 7.89. The van der Waals surface area contributed by atoms with Crippen LogP contribution in [-0.4, -0.2) is 65.6 Å². The maximum absolute atomic E-state index is 12.0. The van der Waals surface area contributed by atoms with Crippen molar-refractivity contribution in [1.82, 2.24) is 15.1 Å². The highest BCUT2D eigenvalue weighted by atomic mass is 16.4. The van der Waals surface area contributed by atoms with Crippen molar-refractivity contribution in [3.8, 4) is 0 Å². The molecule has 2 amide bonds. The van der Waals surface area contributed by atoms with Gasteiger partial charge in [-0.2, -0.15) is 0 Å². The van der Waals surface area contributed by atoms with Gasteiger partial charge in [0.1, 0.15) is 0 Å². The van der Waals surface area contributed by atoms with Crippen molar-refractivity contribution in [2.45, 2.75) is 45.6 Å². The van der Waals surface area contributed by atoms with Crippen LogP contribution >= 0.6 is 0 Å². The van der Waals surface area contributed by atoms with Crippen LogP contribution in [0.5, 0.6) is 0 Å². The first-order valence-electron chi connectivity index (χ1n) is 7.88. The zero-order chi connectivity index (χ0) is 15.7. The van der Waals surface area contributed by atoms with Gasteiger partial charge in [0.25, 0.3) is 0 Å². The van der Waals surface area contributed by atoms with Gasteiger partial charge >= 0.3 is 6.03 Å². The van der Waals surface area contributed by atoms with E-state index in [0.29, 0.717) is 13.1 Å². The van der Waals surface area contributed by atoms with Crippen molar-refractivity contribution in [3.63, 3.8) is 0 Å². The Hall–Kier alpha value is -1.50. The molecule has 0 aromatic rings. The number of piperazine rings is 1. The number of carbonyl (C=O) groups is 1. The van der Waals surface area contributed by atoms with E-state index in [1.165, 1.54) is 0 Å². The predicted molar refractivity (Wildman–Crippen MR) is 83.6 cm³/mol. The Morgan fingerprint density at radius 1 is 1.29 bits per heavy atom. The molecular weight excluding hydrogens is 270 g/mol. The summed E-state index contributed by atoms with van der Waals surface area (Å²) >= 11 is 0. The number of rotatable bonds is 7. The number of urea groups is 1. The van der Waals surface area contributed by atoms with Gasteiger partial charge in [0, 0.05) is 32.7 Å². The number of amidine groups is 1. The van der Waals surface area contributed by atoms with E-state index < -0.39 is 0 Å². The summed E-state index contributed by atoms with van der Waals surface area (Å²) in [6.45, 7) is 7.77. The molecule has 0 aromatic carbocycles. The minimum absolute atomic E-state index is 0.0129. The SMILES string of the molecule is CCCCNC(=O)N1CCN(C(CCC)C(N)=NO)CC1. The van der Waals surface area contributed by atoms with Crippen molar-refractivity contribution in [2.24, 2.45) is 10.9 Å². The third-order valence-corrected chi connectivity index (χ3v) is 3.87. The quantitative estimate of drug-likeness (QED) is 0.215. The Balaban J connectivity index is 2.44. The summed E-state index contributed by atoms with van der Waals surface area (Å²) in [6.07, 6.45) is 3.91. The first-order chi connectivity index (χ1) is 10.1. The number of carbonyl (C=O) groups excluding carboxylic acids is 1. The van der Waals surface area contributed by atoms with Gasteiger partial charge in [-0.25, -0.2) is 4.79 Å². The summed E-state index contributed by atoms with van der Waals surface area (Å²) in [5, 5.41) is 15.0. The van der Waals surface area contributed by atoms with Gasteiger partial charge in [-0.1, -0.05) is 31.8 Å². The van der Waals surface area contributed by atoms with E-state index >= 15 is 0 Å². The number of nitrogens with two attached hydrogens (primary N) is 1. The van der Waals surface area contributed by atoms with Gasteiger partial charge in [-0.3, -0.25) is 4.90 Å². The number of nitrogens with zero attached hydrogens (tertiary/aromatic N) is 3. The molecular formula is C14H29N5O2. The smallest absolute Gasteiger partial charge is 0.317 e. The largest absolute Gasteiger partial charge is 0.409 e. The zero-order valence-electron chi connectivity index (χ0n) is 13.2. The molecule has 1 heterocycles. The number of unbranched alkanes of at least 4 members (excludes halogenated alkanes) is 1. The van der Waals surface area contributed by atoms with Crippen LogP contribution in [0, 0.1) is 0 Å². The van der Waals surface area contributed by atoms with E-state index in [4.69, 9.17) is 10.9 Å². The molecule has 1 aliphatic heterocycles. The summed E-state index contributed by atoms with van der Waals surface area (Å²) < 4.78 is 0. The molecule has 4 N–H and O–H groups in total. The normalized spacial score (nSPS) is 18.6. The molecule has 0 bridgehead atoms. The van der Waals surface area contributed by atoms with Crippen LogP contribution in [0.25, 0.3) is 0 Å². The van der Waals surface area contributed by atoms with E-state index in [2.05, 4.69) is 29.2 Å². The molecule has 122 valence electrons. The summed E-state index contributed by atoms with van der Waals surface area (Å²) in [7, 11) is 0. The number of hydrogen-bond acceptors (Lipinski definition) is 4. The van der Waals surface area contributed by atoms with Gasteiger partial charge in [0.2, 0.25) is 0 Å². The lowest BCUT2D eigenvalue weighted by atomic mass is 10.1. The molecule has 7 heteroatoms. The molecule has 1 unspecified atom stereocenters. The fourth-order valence-electron chi connectivity index (χ4n) is 2.58. The lowest BCUT2D eigenvalue weighted by molar-refractivity contribution is 0.123. The summed E-state index contributed by atoms with van der Waals surface area (Å²) in [5.74, 6) is 0.262. The molecule has 1 rings (SSSR count). The van der Waals surface area contributed by atoms with Crippen LogP contribution in [0.4, 0.5) is 4.79 Å². The second-order valence-electron chi connectivity index (χ2n) is 5.44. The molecule has 0 radical (unpaired) electrons. The number of oxime groups is 1. The molecule has 0 aliphatic carbocycles. The molecule has 21 heavy (non-hydrogen) atoms. The summed E-state index contributed by atoms with van der Waals surface area (Å²) in [6, 6.07) is -0.0239. The zero-order valence-corrected chi connectivity index (χ0v) is 13.2. The van der Waals surface area contributed by atoms with Crippen molar-refractivity contribution < 1.29 is 10.0 Å². The average Bonchev–Trinajstić information content (AvgIpc) is 2.52. The van der Waals surface area contributed by atoms with Crippen molar-refractivity contribution in [2.75, 3.05) is 32.7 Å². The fourth-order valence-corrected chi connectivity index (χ4v) is 2.58. The minimum Gasteiger partial charge on any atom is -0.409 e.